The van der Waals surface area contributed by atoms with Gasteiger partial charge in [-0.2, -0.15) is 0 Å². The van der Waals surface area contributed by atoms with Crippen LogP contribution in [0.15, 0.2) is 42.5 Å². The monoisotopic (exact) mass is 386 g/mol. The van der Waals surface area contributed by atoms with E-state index in [4.69, 9.17) is 21.1 Å². The van der Waals surface area contributed by atoms with Crippen molar-refractivity contribution >= 4 is 23.2 Å². The fourth-order valence-electron chi connectivity index (χ4n) is 3.77. The van der Waals surface area contributed by atoms with Crippen LogP contribution in [-0.2, 0) is 4.79 Å². The summed E-state index contributed by atoms with van der Waals surface area (Å²) >= 11 is 5.97. The number of rotatable bonds is 5. The van der Waals surface area contributed by atoms with Crippen LogP contribution in [0.25, 0.3) is 0 Å². The molecule has 6 heteroatoms. The number of nitrogens with zero attached hydrogens (tertiary/aromatic N) is 1. The van der Waals surface area contributed by atoms with E-state index in [2.05, 4.69) is 22.3 Å². The molecule has 2 aromatic carbocycles. The Bertz CT molecular complexity index is 827. The quantitative estimate of drug-likeness (QED) is 0.833. The Hall–Kier alpha value is -2.24. The van der Waals surface area contributed by atoms with Crippen molar-refractivity contribution in [1.29, 1.82) is 0 Å². The molecule has 5 nitrogen and oxygen atoms in total. The van der Waals surface area contributed by atoms with Crippen molar-refractivity contribution in [3.8, 4) is 11.5 Å². The lowest BCUT2D eigenvalue weighted by molar-refractivity contribution is -0.116. The van der Waals surface area contributed by atoms with Crippen LogP contribution in [-0.4, -0.2) is 37.1 Å². The SMILES string of the molecule is O=C(CCN1CCCC1c1ccc2c(c1)OCCO2)Nc1cccc(Cl)c1. The molecule has 1 saturated heterocycles. The predicted octanol–water partition coefficient (Wildman–Crippen LogP) is 4.28. The van der Waals surface area contributed by atoms with Gasteiger partial charge in [-0.05, 0) is 55.3 Å². The summed E-state index contributed by atoms with van der Waals surface area (Å²) in [5, 5.41) is 3.53. The van der Waals surface area contributed by atoms with Crippen LogP contribution in [0.1, 0.15) is 30.9 Å². The molecular weight excluding hydrogens is 364 g/mol. The van der Waals surface area contributed by atoms with Gasteiger partial charge in [-0.15, -0.1) is 0 Å². The molecule has 2 aromatic rings. The van der Waals surface area contributed by atoms with Gasteiger partial charge >= 0.3 is 0 Å². The number of hydrogen-bond donors (Lipinski definition) is 1. The lowest BCUT2D eigenvalue weighted by atomic mass is 10.0. The summed E-state index contributed by atoms with van der Waals surface area (Å²) in [5.41, 5.74) is 1.96. The lowest BCUT2D eigenvalue weighted by Gasteiger charge is -2.26. The molecule has 0 radical (unpaired) electrons. The van der Waals surface area contributed by atoms with Gasteiger partial charge in [0.1, 0.15) is 13.2 Å². The van der Waals surface area contributed by atoms with E-state index in [1.807, 2.05) is 18.2 Å². The van der Waals surface area contributed by atoms with E-state index in [1.54, 1.807) is 12.1 Å². The molecule has 1 amide bonds. The number of benzene rings is 2. The lowest BCUT2D eigenvalue weighted by Crippen LogP contribution is -2.28. The summed E-state index contributed by atoms with van der Waals surface area (Å²) in [6.07, 6.45) is 2.68. The molecule has 2 aliphatic rings. The van der Waals surface area contributed by atoms with E-state index in [0.717, 1.165) is 43.1 Å². The van der Waals surface area contributed by atoms with Crippen LogP contribution < -0.4 is 14.8 Å². The summed E-state index contributed by atoms with van der Waals surface area (Å²) in [6.45, 7) is 2.92. The number of ether oxygens (including phenoxy) is 2. The van der Waals surface area contributed by atoms with Gasteiger partial charge in [0.2, 0.25) is 5.91 Å². The van der Waals surface area contributed by atoms with E-state index in [0.29, 0.717) is 30.7 Å². The maximum Gasteiger partial charge on any atom is 0.225 e. The fraction of sp³-hybridized carbons (Fsp3) is 0.381. The molecule has 1 unspecified atom stereocenters. The van der Waals surface area contributed by atoms with Crippen molar-refractivity contribution in [2.24, 2.45) is 0 Å². The molecular formula is C21H23ClN2O3. The summed E-state index contributed by atoms with van der Waals surface area (Å²) in [5.74, 6) is 1.64. The van der Waals surface area contributed by atoms with Gasteiger partial charge in [-0.25, -0.2) is 0 Å². The fourth-order valence-corrected chi connectivity index (χ4v) is 3.96. The number of likely N-dealkylation sites (tertiary alicyclic amines) is 1. The molecule has 1 atom stereocenters. The second-order valence-corrected chi connectivity index (χ2v) is 7.34. The maximum atomic E-state index is 12.3. The van der Waals surface area contributed by atoms with Gasteiger partial charge in [-0.3, -0.25) is 9.69 Å². The Kier molecular flexibility index (Phi) is 5.50. The summed E-state index contributed by atoms with van der Waals surface area (Å²) in [7, 11) is 0. The number of carbonyl (C=O) groups excluding carboxylic acids is 1. The van der Waals surface area contributed by atoms with E-state index in [9.17, 15) is 4.79 Å². The Morgan fingerprint density at radius 2 is 2.00 bits per heavy atom. The zero-order valence-corrected chi connectivity index (χ0v) is 15.9. The van der Waals surface area contributed by atoms with E-state index in [-0.39, 0.29) is 5.91 Å². The Morgan fingerprint density at radius 1 is 1.15 bits per heavy atom. The van der Waals surface area contributed by atoms with Crippen molar-refractivity contribution in [1.82, 2.24) is 4.90 Å². The van der Waals surface area contributed by atoms with E-state index < -0.39 is 0 Å². The molecule has 0 bridgehead atoms. The minimum Gasteiger partial charge on any atom is -0.486 e. The third-order valence-corrected chi connectivity index (χ3v) is 5.28. The number of carbonyl (C=O) groups is 1. The van der Waals surface area contributed by atoms with Gasteiger partial charge in [0, 0.05) is 29.7 Å². The molecule has 1 N–H and O–H groups in total. The largest absolute Gasteiger partial charge is 0.486 e. The Balaban J connectivity index is 1.36. The first-order valence-corrected chi connectivity index (χ1v) is 9.76. The average molecular weight is 387 g/mol. The second-order valence-electron chi connectivity index (χ2n) is 6.91. The van der Waals surface area contributed by atoms with Gasteiger partial charge in [0.15, 0.2) is 11.5 Å². The first-order valence-electron chi connectivity index (χ1n) is 9.38. The van der Waals surface area contributed by atoms with Crippen molar-refractivity contribution in [3.05, 3.63) is 53.1 Å². The van der Waals surface area contributed by atoms with Crippen molar-refractivity contribution in [2.45, 2.75) is 25.3 Å². The number of fused-ring (bicyclic) bond motifs is 1. The molecule has 2 heterocycles. The van der Waals surface area contributed by atoms with Crippen molar-refractivity contribution < 1.29 is 14.3 Å². The predicted molar refractivity (Wildman–Crippen MR) is 106 cm³/mol. The number of halogens is 1. The Morgan fingerprint density at radius 3 is 2.85 bits per heavy atom. The topological polar surface area (TPSA) is 50.8 Å². The van der Waals surface area contributed by atoms with Crippen LogP contribution in [0.5, 0.6) is 11.5 Å². The highest BCUT2D eigenvalue weighted by atomic mass is 35.5. The molecule has 27 heavy (non-hydrogen) atoms. The first kappa shape index (κ1) is 18.1. The second kappa shape index (κ2) is 8.19. The van der Waals surface area contributed by atoms with Crippen molar-refractivity contribution in [3.63, 3.8) is 0 Å². The third kappa shape index (κ3) is 4.37. The summed E-state index contributed by atoms with van der Waals surface area (Å²) in [6, 6.07) is 13.7. The molecule has 142 valence electrons. The summed E-state index contributed by atoms with van der Waals surface area (Å²) in [4.78, 5) is 14.7. The minimum atomic E-state index is 0.00471. The molecule has 0 saturated carbocycles. The number of amides is 1. The molecule has 1 fully saturated rings. The minimum absolute atomic E-state index is 0.00471. The summed E-state index contributed by atoms with van der Waals surface area (Å²) < 4.78 is 11.3. The van der Waals surface area contributed by atoms with Crippen LogP contribution in [0.3, 0.4) is 0 Å². The van der Waals surface area contributed by atoms with Crippen LogP contribution >= 0.6 is 11.6 Å². The first-order chi connectivity index (χ1) is 13.2. The van der Waals surface area contributed by atoms with E-state index in [1.165, 1.54) is 5.56 Å². The molecule has 0 aromatic heterocycles. The number of hydrogen-bond acceptors (Lipinski definition) is 4. The van der Waals surface area contributed by atoms with Crippen molar-refractivity contribution in [2.75, 3.05) is 31.6 Å². The van der Waals surface area contributed by atoms with Gasteiger partial charge in [0.05, 0.1) is 0 Å². The molecule has 0 spiro atoms. The smallest absolute Gasteiger partial charge is 0.225 e. The van der Waals surface area contributed by atoms with E-state index >= 15 is 0 Å². The standard InChI is InChI=1S/C21H23ClN2O3/c22-16-3-1-4-17(14-16)23-21(25)8-10-24-9-2-5-18(24)15-6-7-19-20(13-15)27-12-11-26-19/h1,3-4,6-7,13-14,18H,2,5,8-12H2,(H,23,25). The molecule has 0 aliphatic carbocycles. The van der Waals surface area contributed by atoms with Gasteiger partial charge in [0.25, 0.3) is 0 Å². The Labute approximate surface area is 164 Å². The number of anilines is 1. The molecule has 2 aliphatic heterocycles. The number of nitrogens with one attached hydrogen (secondary N) is 1. The zero-order valence-electron chi connectivity index (χ0n) is 15.1. The van der Waals surface area contributed by atoms with Crippen LogP contribution in [0.4, 0.5) is 5.69 Å². The average Bonchev–Trinajstić information content (AvgIpc) is 3.15. The molecule has 4 rings (SSSR count). The highest BCUT2D eigenvalue weighted by molar-refractivity contribution is 6.30. The maximum absolute atomic E-state index is 12.3. The van der Waals surface area contributed by atoms with Crippen LogP contribution in [0, 0.1) is 0 Å². The third-order valence-electron chi connectivity index (χ3n) is 5.05. The normalized spacial score (nSPS) is 19.1. The highest BCUT2D eigenvalue weighted by Gasteiger charge is 2.27. The van der Waals surface area contributed by atoms with Crippen LogP contribution in [0.2, 0.25) is 5.02 Å². The highest BCUT2D eigenvalue weighted by Crippen LogP contribution is 2.38. The zero-order chi connectivity index (χ0) is 18.6. The van der Waals surface area contributed by atoms with Gasteiger partial charge < -0.3 is 14.8 Å². The van der Waals surface area contributed by atoms with Gasteiger partial charge in [-0.1, -0.05) is 23.7 Å².